The number of carbonyl (C=O) groups excluding carboxylic acids is 1. The number of nitrogens with one attached hydrogen (secondary N) is 2. The lowest BCUT2D eigenvalue weighted by Crippen LogP contribution is -2.56. The number of piperidine rings is 1. The molecule has 2 aliphatic heterocycles. The van der Waals surface area contributed by atoms with Crippen LogP contribution in [0.3, 0.4) is 0 Å². The van der Waals surface area contributed by atoms with Crippen molar-refractivity contribution >= 4 is 23.6 Å². The van der Waals surface area contributed by atoms with Crippen molar-refractivity contribution in [2.45, 2.75) is 63.5 Å². The Morgan fingerprint density at radius 3 is 2.45 bits per heavy atom. The Balaban J connectivity index is 1.59. The minimum atomic E-state index is -0.236. The number of rotatable bonds is 7. The van der Waals surface area contributed by atoms with Gasteiger partial charge in [-0.2, -0.15) is 11.8 Å². The van der Waals surface area contributed by atoms with Crippen LogP contribution < -0.4 is 16.4 Å². The number of hydrogen-bond donors (Lipinski definition) is 3. The number of likely N-dealkylation sites (tertiary alicyclic amines) is 1. The Bertz CT molecular complexity index is 537. The molecule has 0 unspecified atom stereocenters. The summed E-state index contributed by atoms with van der Waals surface area (Å²) in [4.78, 5) is 21.1. The van der Waals surface area contributed by atoms with Gasteiger partial charge in [0.15, 0.2) is 5.96 Å². The fourth-order valence-corrected chi connectivity index (χ4v) is 5.92. The summed E-state index contributed by atoms with van der Waals surface area (Å²) in [6, 6.07) is 0.408. The molecule has 1 aliphatic carbocycles. The van der Waals surface area contributed by atoms with Crippen LogP contribution in [-0.2, 0) is 4.79 Å². The summed E-state index contributed by atoms with van der Waals surface area (Å²) in [6.07, 6.45) is 8.65. The van der Waals surface area contributed by atoms with Gasteiger partial charge in [-0.25, -0.2) is 0 Å². The van der Waals surface area contributed by atoms with Crippen LogP contribution in [0.5, 0.6) is 0 Å². The summed E-state index contributed by atoms with van der Waals surface area (Å²) < 4.78 is 0. The van der Waals surface area contributed by atoms with E-state index in [0.717, 1.165) is 45.0 Å². The van der Waals surface area contributed by atoms with Crippen molar-refractivity contribution in [3.8, 4) is 0 Å². The van der Waals surface area contributed by atoms with Gasteiger partial charge in [0, 0.05) is 55.8 Å². The Morgan fingerprint density at radius 2 is 1.83 bits per heavy atom. The first-order valence-electron chi connectivity index (χ1n) is 11.5. The van der Waals surface area contributed by atoms with E-state index in [1.807, 2.05) is 0 Å². The molecule has 0 aromatic heterocycles. The van der Waals surface area contributed by atoms with Crippen LogP contribution in [-0.4, -0.2) is 90.6 Å². The van der Waals surface area contributed by atoms with Gasteiger partial charge in [-0.15, -0.1) is 0 Å². The maximum atomic E-state index is 11.1. The molecule has 0 aromatic rings. The molecule has 0 aromatic carbocycles. The largest absolute Gasteiger partial charge is 0.369 e. The van der Waals surface area contributed by atoms with Gasteiger partial charge in [0.05, 0.1) is 13.1 Å². The molecule has 166 valence electrons. The molecule has 0 radical (unpaired) electrons. The molecule has 1 amide bonds. The van der Waals surface area contributed by atoms with Gasteiger partial charge in [-0.1, -0.05) is 19.3 Å². The lowest BCUT2D eigenvalue weighted by Gasteiger charge is -2.47. The minimum absolute atomic E-state index is 0.236. The van der Waals surface area contributed by atoms with Crippen LogP contribution in [0, 0.1) is 0 Å². The van der Waals surface area contributed by atoms with E-state index in [1.165, 1.54) is 56.7 Å². The number of thioether (sulfide) groups is 1. The van der Waals surface area contributed by atoms with Crippen molar-refractivity contribution in [3.63, 3.8) is 0 Å². The predicted molar refractivity (Wildman–Crippen MR) is 122 cm³/mol. The third-order valence-corrected chi connectivity index (χ3v) is 7.59. The number of hydrogen-bond acceptors (Lipinski definition) is 5. The van der Waals surface area contributed by atoms with Crippen LogP contribution in [0.1, 0.15) is 51.9 Å². The zero-order valence-electron chi connectivity index (χ0n) is 18.1. The molecule has 0 bridgehead atoms. The van der Waals surface area contributed by atoms with E-state index in [-0.39, 0.29) is 11.4 Å². The molecule has 3 aliphatic rings. The van der Waals surface area contributed by atoms with Gasteiger partial charge in [0.25, 0.3) is 0 Å². The monoisotopic (exact) mass is 424 g/mol. The molecule has 3 fully saturated rings. The average molecular weight is 425 g/mol. The predicted octanol–water partition coefficient (Wildman–Crippen LogP) is 1.24. The van der Waals surface area contributed by atoms with E-state index in [0.29, 0.717) is 12.6 Å². The quantitative estimate of drug-likeness (QED) is 0.421. The lowest BCUT2D eigenvalue weighted by atomic mass is 9.80. The Morgan fingerprint density at radius 1 is 1.14 bits per heavy atom. The summed E-state index contributed by atoms with van der Waals surface area (Å²) in [7, 11) is 0. The van der Waals surface area contributed by atoms with Crippen molar-refractivity contribution in [1.82, 2.24) is 20.4 Å². The van der Waals surface area contributed by atoms with Crippen LogP contribution in [0.25, 0.3) is 0 Å². The first kappa shape index (κ1) is 22.7. The van der Waals surface area contributed by atoms with Crippen LogP contribution in [0.2, 0.25) is 0 Å². The fourth-order valence-electron chi connectivity index (χ4n) is 5.02. The number of amides is 1. The number of carbonyl (C=O) groups is 1. The molecule has 3 rings (SSSR count). The Labute approximate surface area is 180 Å². The zero-order valence-corrected chi connectivity index (χ0v) is 18.9. The number of nitrogens with two attached hydrogens (primary N) is 1. The molecule has 1 saturated carbocycles. The highest BCUT2D eigenvalue weighted by Gasteiger charge is 2.38. The molecular formula is C21H40N6OS. The first-order chi connectivity index (χ1) is 14.1. The van der Waals surface area contributed by atoms with Gasteiger partial charge < -0.3 is 16.4 Å². The second-order valence-corrected chi connectivity index (χ2v) is 9.97. The number of guanidine groups is 1. The SMILES string of the molecule is CCNC(=NCC1(N2CCSCC2)CCCCC1)NC1CCN(CC(N)=O)CC1. The third kappa shape index (κ3) is 6.76. The molecule has 2 saturated heterocycles. The van der Waals surface area contributed by atoms with Gasteiger partial charge in [-0.05, 0) is 32.6 Å². The van der Waals surface area contributed by atoms with E-state index >= 15 is 0 Å². The smallest absolute Gasteiger partial charge is 0.231 e. The van der Waals surface area contributed by atoms with Gasteiger partial charge in [-0.3, -0.25) is 19.6 Å². The first-order valence-corrected chi connectivity index (χ1v) is 12.6. The maximum absolute atomic E-state index is 11.1. The van der Waals surface area contributed by atoms with E-state index in [4.69, 9.17) is 10.7 Å². The molecular weight excluding hydrogens is 384 g/mol. The standard InChI is InChI=1S/C21H40N6OS/c1-2-23-20(25-18-6-10-26(11-7-18)16-19(22)28)24-17-21(8-4-3-5-9-21)27-12-14-29-15-13-27/h18H,2-17H2,1H3,(H2,22,28)(H2,23,24,25). The van der Waals surface area contributed by atoms with Crippen molar-refractivity contribution in [2.75, 3.05) is 57.3 Å². The molecule has 2 heterocycles. The molecule has 7 nitrogen and oxygen atoms in total. The van der Waals surface area contributed by atoms with E-state index in [1.54, 1.807) is 0 Å². The van der Waals surface area contributed by atoms with Gasteiger partial charge in [0.2, 0.25) is 5.91 Å². The van der Waals surface area contributed by atoms with Crippen molar-refractivity contribution < 1.29 is 4.79 Å². The third-order valence-electron chi connectivity index (χ3n) is 6.65. The molecule has 4 N–H and O–H groups in total. The second-order valence-electron chi connectivity index (χ2n) is 8.74. The van der Waals surface area contributed by atoms with Gasteiger partial charge in [0.1, 0.15) is 0 Å². The zero-order chi connectivity index (χ0) is 20.5. The maximum Gasteiger partial charge on any atom is 0.231 e. The van der Waals surface area contributed by atoms with E-state index in [2.05, 4.69) is 39.1 Å². The summed E-state index contributed by atoms with van der Waals surface area (Å²) in [5.74, 6) is 3.23. The minimum Gasteiger partial charge on any atom is -0.369 e. The molecule has 0 atom stereocenters. The van der Waals surface area contributed by atoms with Crippen LogP contribution in [0.15, 0.2) is 4.99 Å². The molecule has 0 spiro atoms. The van der Waals surface area contributed by atoms with Gasteiger partial charge >= 0.3 is 0 Å². The van der Waals surface area contributed by atoms with Crippen LogP contribution in [0.4, 0.5) is 0 Å². The highest BCUT2D eigenvalue weighted by atomic mass is 32.2. The number of nitrogens with zero attached hydrogens (tertiary/aromatic N) is 3. The summed E-state index contributed by atoms with van der Waals surface area (Å²) in [5, 5.41) is 7.13. The molecule has 8 heteroatoms. The van der Waals surface area contributed by atoms with Crippen molar-refractivity contribution in [1.29, 1.82) is 0 Å². The van der Waals surface area contributed by atoms with E-state index < -0.39 is 0 Å². The normalized spacial score (nSPS) is 24.9. The average Bonchev–Trinajstić information content (AvgIpc) is 2.74. The Hall–Kier alpha value is -0.990. The Kier molecular flexibility index (Phi) is 8.93. The highest BCUT2D eigenvalue weighted by molar-refractivity contribution is 7.99. The lowest BCUT2D eigenvalue weighted by molar-refractivity contribution is -0.119. The summed E-state index contributed by atoms with van der Waals surface area (Å²) in [6.45, 7) is 8.52. The topological polar surface area (TPSA) is 86.0 Å². The fraction of sp³-hybridized carbons (Fsp3) is 0.905. The highest BCUT2D eigenvalue weighted by Crippen LogP contribution is 2.35. The summed E-state index contributed by atoms with van der Waals surface area (Å²) in [5.41, 5.74) is 5.59. The van der Waals surface area contributed by atoms with E-state index in [9.17, 15) is 4.79 Å². The van der Waals surface area contributed by atoms with Crippen LogP contribution >= 0.6 is 11.8 Å². The number of primary amides is 1. The van der Waals surface area contributed by atoms with Crippen molar-refractivity contribution in [2.24, 2.45) is 10.7 Å². The second kappa shape index (κ2) is 11.4. The molecule has 29 heavy (non-hydrogen) atoms. The van der Waals surface area contributed by atoms with Crippen molar-refractivity contribution in [3.05, 3.63) is 0 Å². The summed E-state index contributed by atoms with van der Waals surface area (Å²) >= 11 is 2.09. The number of aliphatic imine (C=N–C) groups is 1.